The first-order chi connectivity index (χ1) is 12.7. The Morgan fingerprint density at radius 3 is 2.48 bits per heavy atom. The molecule has 0 saturated carbocycles. The molecule has 0 radical (unpaired) electrons. The van der Waals surface area contributed by atoms with Gasteiger partial charge in [0.25, 0.3) is 0 Å². The number of nitrogens with zero attached hydrogens (tertiary/aromatic N) is 2. The number of hydrogen-bond donors (Lipinski definition) is 1. The quantitative estimate of drug-likeness (QED) is 0.877. The highest BCUT2D eigenvalue weighted by molar-refractivity contribution is 5.70. The molecular formula is C20H28N2O5. The van der Waals surface area contributed by atoms with Crippen LogP contribution in [-0.4, -0.2) is 64.0 Å². The van der Waals surface area contributed by atoms with Gasteiger partial charge in [0.05, 0.1) is 12.6 Å². The lowest BCUT2D eigenvalue weighted by Gasteiger charge is -2.48. The van der Waals surface area contributed by atoms with Crippen molar-refractivity contribution in [2.75, 3.05) is 19.6 Å². The minimum absolute atomic E-state index is 0.157. The fourth-order valence-corrected chi connectivity index (χ4v) is 3.54. The highest BCUT2D eigenvalue weighted by Gasteiger charge is 2.52. The zero-order chi connectivity index (χ0) is 19.7. The van der Waals surface area contributed by atoms with Gasteiger partial charge in [-0.15, -0.1) is 0 Å². The minimum Gasteiger partial charge on any atom is -0.445 e. The summed E-state index contributed by atoms with van der Waals surface area (Å²) in [4.78, 5) is 27.7. The summed E-state index contributed by atoms with van der Waals surface area (Å²) >= 11 is 0. The molecule has 27 heavy (non-hydrogen) atoms. The van der Waals surface area contributed by atoms with Crippen LogP contribution >= 0.6 is 0 Å². The molecule has 2 unspecified atom stereocenters. The molecule has 0 aromatic heterocycles. The predicted octanol–water partition coefficient (Wildman–Crippen LogP) is 2.77. The molecule has 2 atom stereocenters. The van der Waals surface area contributed by atoms with Crippen LogP contribution < -0.4 is 0 Å². The van der Waals surface area contributed by atoms with Gasteiger partial charge in [-0.2, -0.15) is 0 Å². The van der Waals surface area contributed by atoms with E-state index in [9.17, 15) is 14.7 Å². The first-order valence-electron chi connectivity index (χ1n) is 9.36. The molecule has 0 bridgehead atoms. The lowest BCUT2D eigenvalue weighted by Crippen LogP contribution is -2.64. The fraction of sp³-hybridized carbons (Fsp3) is 0.600. The number of benzene rings is 1. The van der Waals surface area contributed by atoms with Gasteiger partial charge in [-0.25, -0.2) is 9.59 Å². The summed E-state index contributed by atoms with van der Waals surface area (Å²) in [5.74, 6) is 0. The fourth-order valence-electron chi connectivity index (χ4n) is 3.54. The van der Waals surface area contributed by atoms with Crippen LogP contribution in [0.2, 0.25) is 0 Å². The zero-order valence-corrected chi connectivity index (χ0v) is 16.2. The molecule has 1 aromatic rings. The molecule has 2 heterocycles. The SMILES string of the molecule is CC(C)(C)OC(=O)N1CCC1C1(O)CCN(C(=O)OCc2ccccc2)C1. The van der Waals surface area contributed by atoms with Crippen molar-refractivity contribution >= 4 is 12.2 Å². The largest absolute Gasteiger partial charge is 0.445 e. The second-order valence-corrected chi connectivity index (χ2v) is 8.29. The number of likely N-dealkylation sites (tertiary alicyclic amines) is 2. The molecule has 3 rings (SSSR count). The van der Waals surface area contributed by atoms with Gasteiger partial charge in [0, 0.05) is 13.1 Å². The second-order valence-electron chi connectivity index (χ2n) is 8.29. The zero-order valence-electron chi connectivity index (χ0n) is 16.2. The number of amides is 2. The van der Waals surface area contributed by atoms with Gasteiger partial charge in [-0.3, -0.25) is 0 Å². The van der Waals surface area contributed by atoms with Gasteiger partial charge in [0.15, 0.2) is 0 Å². The van der Waals surface area contributed by atoms with Crippen LogP contribution in [0, 0.1) is 0 Å². The van der Waals surface area contributed by atoms with Crippen LogP contribution in [-0.2, 0) is 16.1 Å². The third-order valence-corrected chi connectivity index (χ3v) is 5.01. The van der Waals surface area contributed by atoms with E-state index in [0.717, 1.165) is 5.56 Å². The second kappa shape index (κ2) is 7.38. The summed E-state index contributed by atoms with van der Waals surface area (Å²) in [6, 6.07) is 9.13. The van der Waals surface area contributed by atoms with Crippen molar-refractivity contribution in [1.29, 1.82) is 0 Å². The number of β-amino-alcohol motifs (C(OH)–C–C–N with tert-alkyl or cyclic N) is 1. The van der Waals surface area contributed by atoms with E-state index < -0.39 is 23.4 Å². The molecule has 2 fully saturated rings. The first kappa shape index (κ1) is 19.5. The van der Waals surface area contributed by atoms with Crippen molar-refractivity contribution in [1.82, 2.24) is 9.80 Å². The smallest absolute Gasteiger partial charge is 0.410 e. The number of carbonyl (C=O) groups is 2. The Morgan fingerprint density at radius 1 is 1.19 bits per heavy atom. The molecule has 7 nitrogen and oxygen atoms in total. The topological polar surface area (TPSA) is 79.3 Å². The van der Waals surface area contributed by atoms with E-state index in [-0.39, 0.29) is 19.2 Å². The monoisotopic (exact) mass is 376 g/mol. The summed E-state index contributed by atoms with van der Waals surface area (Å²) < 4.78 is 10.8. The Bertz CT molecular complexity index is 687. The van der Waals surface area contributed by atoms with E-state index in [0.29, 0.717) is 25.9 Å². The molecule has 2 aliphatic rings. The van der Waals surface area contributed by atoms with Gasteiger partial charge in [-0.05, 0) is 39.2 Å². The van der Waals surface area contributed by atoms with Gasteiger partial charge in [0.1, 0.15) is 17.8 Å². The maximum Gasteiger partial charge on any atom is 0.410 e. The van der Waals surface area contributed by atoms with E-state index in [2.05, 4.69) is 0 Å². The Kier molecular flexibility index (Phi) is 5.33. The Morgan fingerprint density at radius 2 is 1.89 bits per heavy atom. The molecule has 1 N–H and O–H groups in total. The summed E-state index contributed by atoms with van der Waals surface area (Å²) in [5, 5.41) is 11.0. The number of aliphatic hydroxyl groups is 1. The van der Waals surface area contributed by atoms with Crippen LogP contribution in [0.1, 0.15) is 39.2 Å². The Labute approximate surface area is 159 Å². The summed E-state index contributed by atoms with van der Waals surface area (Å²) in [6.45, 7) is 6.76. The average Bonchev–Trinajstić information content (AvgIpc) is 2.93. The van der Waals surface area contributed by atoms with E-state index in [1.807, 2.05) is 51.1 Å². The third-order valence-electron chi connectivity index (χ3n) is 5.01. The number of rotatable bonds is 3. The molecule has 2 saturated heterocycles. The van der Waals surface area contributed by atoms with E-state index in [1.165, 1.54) is 4.90 Å². The minimum atomic E-state index is -1.12. The summed E-state index contributed by atoms with van der Waals surface area (Å²) in [7, 11) is 0. The van der Waals surface area contributed by atoms with Crippen molar-refractivity contribution in [3.63, 3.8) is 0 Å². The Balaban J connectivity index is 1.54. The van der Waals surface area contributed by atoms with Crippen LogP contribution in [0.15, 0.2) is 30.3 Å². The van der Waals surface area contributed by atoms with Gasteiger partial charge >= 0.3 is 12.2 Å². The molecule has 7 heteroatoms. The van der Waals surface area contributed by atoms with Gasteiger partial charge in [-0.1, -0.05) is 30.3 Å². The molecule has 2 aliphatic heterocycles. The molecule has 1 aromatic carbocycles. The molecule has 148 valence electrons. The number of ether oxygens (including phenoxy) is 2. The van der Waals surface area contributed by atoms with Gasteiger partial charge in [0.2, 0.25) is 0 Å². The normalized spacial score (nSPS) is 25.1. The third kappa shape index (κ3) is 4.53. The van der Waals surface area contributed by atoms with Crippen molar-refractivity contribution in [2.24, 2.45) is 0 Å². The maximum absolute atomic E-state index is 12.3. The van der Waals surface area contributed by atoms with Crippen molar-refractivity contribution in [3.8, 4) is 0 Å². The first-order valence-corrected chi connectivity index (χ1v) is 9.36. The molecule has 0 aliphatic carbocycles. The van der Waals surface area contributed by atoms with Crippen LogP contribution in [0.3, 0.4) is 0 Å². The number of hydrogen-bond acceptors (Lipinski definition) is 5. The molecular weight excluding hydrogens is 348 g/mol. The van der Waals surface area contributed by atoms with Crippen molar-refractivity contribution in [2.45, 2.75) is 57.5 Å². The lowest BCUT2D eigenvalue weighted by molar-refractivity contribution is -0.0874. The van der Waals surface area contributed by atoms with E-state index >= 15 is 0 Å². The van der Waals surface area contributed by atoms with Crippen molar-refractivity contribution < 1.29 is 24.2 Å². The lowest BCUT2D eigenvalue weighted by atomic mass is 9.84. The average molecular weight is 376 g/mol. The Hall–Kier alpha value is -2.28. The standard InChI is InChI=1S/C20H28N2O5/c1-19(2,3)27-18(24)22-11-9-16(22)20(25)10-12-21(14-20)17(23)26-13-15-7-5-4-6-8-15/h4-8,16,25H,9-14H2,1-3H3. The van der Waals surface area contributed by atoms with Gasteiger partial charge < -0.3 is 24.4 Å². The van der Waals surface area contributed by atoms with Crippen LogP contribution in [0.5, 0.6) is 0 Å². The summed E-state index contributed by atoms with van der Waals surface area (Å²) in [5.41, 5.74) is -0.792. The highest BCUT2D eigenvalue weighted by Crippen LogP contribution is 2.36. The van der Waals surface area contributed by atoms with E-state index in [4.69, 9.17) is 9.47 Å². The van der Waals surface area contributed by atoms with Crippen molar-refractivity contribution in [3.05, 3.63) is 35.9 Å². The predicted molar refractivity (Wildman–Crippen MR) is 99.1 cm³/mol. The molecule has 2 amide bonds. The van der Waals surface area contributed by atoms with Crippen LogP contribution in [0.25, 0.3) is 0 Å². The molecule has 0 spiro atoms. The highest BCUT2D eigenvalue weighted by atomic mass is 16.6. The summed E-state index contributed by atoms with van der Waals surface area (Å²) in [6.07, 6.45) is 0.246. The number of carbonyl (C=O) groups excluding carboxylic acids is 2. The maximum atomic E-state index is 12.3. The van der Waals surface area contributed by atoms with Crippen LogP contribution in [0.4, 0.5) is 9.59 Å². The van der Waals surface area contributed by atoms with E-state index in [1.54, 1.807) is 4.90 Å².